The number of carbonyl (C=O) groups is 1. The van der Waals surface area contributed by atoms with Crippen molar-refractivity contribution in [2.24, 2.45) is 11.7 Å². The van der Waals surface area contributed by atoms with Gasteiger partial charge < -0.3 is 10.6 Å². The summed E-state index contributed by atoms with van der Waals surface area (Å²) in [6.45, 7) is 7.21. The summed E-state index contributed by atoms with van der Waals surface area (Å²) in [4.78, 5) is 13.3. The van der Waals surface area contributed by atoms with Crippen LogP contribution in [0, 0.1) is 5.92 Å². The number of rotatable bonds is 4. The number of amides is 1. The van der Waals surface area contributed by atoms with Gasteiger partial charge in [0.2, 0.25) is 5.91 Å². The molecular formula is C12H20N4O. The molecule has 2 N–H and O–H groups in total. The Morgan fingerprint density at radius 2 is 2.24 bits per heavy atom. The predicted molar refractivity (Wildman–Crippen MR) is 66.6 cm³/mol. The Labute approximate surface area is 102 Å². The summed E-state index contributed by atoms with van der Waals surface area (Å²) in [7, 11) is 0. The van der Waals surface area contributed by atoms with E-state index in [1.54, 1.807) is 11.1 Å². The number of hydrogen-bond acceptors (Lipinski definition) is 3. The molecule has 2 rings (SSSR count). The SMILES string of the molecule is CC(C)CCn1cc(N2C(=O)[C@H](N)[C@@H]2C)cn1. The molecule has 0 spiro atoms. The molecule has 1 aromatic heterocycles. The number of nitrogens with zero attached hydrogens (tertiary/aromatic N) is 3. The molecule has 1 aromatic rings. The first kappa shape index (κ1) is 12.1. The zero-order chi connectivity index (χ0) is 12.6. The molecule has 0 saturated carbocycles. The molecule has 1 fully saturated rings. The lowest BCUT2D eigenvalue weighted by Crippen LogP contribution is -2.67. The minimum atomic E-state index is -0.353. The van der Waals surface area contributed by atoms with E-state index in [1.807, 2.05) is 17.8 Å². The largest absolute Gasteiger partial charge is 0.318 e. The van der Waals surface area contributed by atoms with Crippen molar-refractivity contribution >= 4 is 11.6 Å². The van der Waals surface area contributed by atoms with Crippen molar-refractivity contribution in [2.45, 2.75) is 45.8 Å². The number of nitrogens with two attached hydrogens (primary N) is 1. The van der Waals surface area contributed by atoms with Gasteiger partial charge in [-0.25, -0.2) is 0 Å². The average molecular weight is 236 g/mol. The fourth-order valence-electron chi connectivity index (χ4n) is 2.00. The van der Waals surface area contributed by atoms with Crippen molar-refractivity contribution in [1.82, 2.24) is 9.78 Å². The molecule has 5 nitrogen and oxygen atoms in total. The van der Waals surface area contributed by atoms with Gasteiger partial charge in [0.15, 0.2) is 0 Å². The summed E-state index contributed by atoms with van der Waals surface area (Å²) in [5.41, 5.74) is 6.53. The van der Waals surface area contributed by atoms with Crippen LogP contribution in [0.15, 0.2) is 12.4 Å². The van der Waals surface area contributed by atoms with Crippen LogP contribution in [0.1, 0.15) is 27.2 Å². The maximum absolute atomic E-state index is 11.6. The number of aryl methyl sites for hydroxylation is 1. The molecule has 1 saturated heterocycles. The Morgan fingerprint density at radius 3 is 2.82 bits per heavy atom. The Bertz CT molecular complexity index is 412. The Kier molecular flexibility index (Phi) is 3.19. The first-order valence-electron chi connectivity index (χ1n) is 6.12. The van der Waals surface area contributed by atoms with Crippen LogP contribution in [0.4, 0.5) is 5.69 Å². The summed E-state index contributed by atoms with van der Waals surface area (Å²) in [6, 6.07) is -0.278. The molecular weight excluding hydrogens is 216 g/mol. The van der Waals surface area contributed by atoms with Crippen LogP contribution < -0.4 is 10.6 Å². The normalized spacial score (nSPS) is 24.3. The number of hydrogen-bond donors (Lipinski definition) is 1. The second kappa shape index (κ2) is 4.49. The lowest BCUT2D eigenvalue weighted by molar-refractivity contribution is -0.125. The van der Waals surface area contributed by atoms with Crippen molar-refractivity contribution in [3.8, 4) is 0 Å². The standard InChI is InChI=1S/C12H20N4O/c1-8(2)4-5-15-7-10(6-14-15)16-9(3)11(13)12(16)17/h6-9,11H,4-5,13H2,1-3H3/t9-,11+/m0/s1. The third-order valence-corrected chi connectivity index (χ3v) is 3.28. The summed E-state index contributed by atoms with van der Waals surface area (Å²) >= 11 is 0. The minimum Gasteiger partial charge on any atom is -0.318 e. The molecule has 2 atom stereocenters. The first-order chi connectivity index (χ1) is 8.00. The zero-order valence-electron chi connectivity index (χ0n) is 10.6. The minimum absolute atomic E-state index is 0.0130. The highest BCUT2D eigenvalue weighted by Crippen LogP contribution is 2.26. The van der Waals surface area contributed by atoms with E-state index < -0.39 is 0 Å². The van der Waals surface area contributed by atoms with Gasteiger partial charge in [0.05, 0.1) is 17.9 Å². The van der Waals surface area contributed by atoms with Crippen molar-refractivity contribution < 1.29 is 4.79 Å². The number of anilines is 1. The molecule has 1 aliphatic heterocycles. The number of β-lactam (4-membered cyclic amide) rings is 1. The van der Waals surface area contributed by atoms with E-state index in [4.69, 9.17) is 5.73 Å². The Hall–Kier alpha value is -1.36. The van der Waals surface area contributed by atoms with Crippen molar-refractivity contribution in [3.63, 3.8) is 0 Å². The summed E-state index contributed by atoms with van der Waals surface area (Å²) in [6.07, 6.45) is 4.74. The fourth-order valence-corrected chi connectivity index (χ4v) is 2.00. The quantitative estimate of drug-likeness (QED) is 0.793. The van der Waals surface area contributed by atoms with Gasteiger partial charge >= 0.3 is 0 Å². The lowest BCUT2D eigenvalue weighted by atomic mass is 9.97. The van der Waals surface area contributed by atoms with E-state index in [9.17, 15) is 4.79 Å². The zero-order valence-corrected chi connectivity index (χ0v) is 10.6. The molecule has 0 radical (unpaired) electrons. The van der Waals surface area contributed by atoms with Gasteiger partial charge in [0, 0.05) is 12.7 Å². The van der Waals surface area contributed by atoms with E-state index >= 15 is 0 Å². The monoisotopic (exact) mass is 236 g/mol. The summed E-state index contributed by atoms with van der Waals surface area (Å²) in [5.74, 6) is 0.640. The molecule has 0 aromatic carbocycles. The third kappa shape index (κ3) is 2.20. The molecule has 0 aliphatic carbocycles. The maximum Gasteiger partial charge on any atom is 0.246 e. The molecule has 1 amide bonds. The van der Waals surface area contributed by atoms with Crippen LogP contribution in [0.3, 0.4) is 0 Å². The van der Waals surface area contributed by atoms with Crippen molar-refractivity contribution in [1.29, 1.82) is 0 Å². The smallest absolute Gasteiger partial charge is 0.246 e. The van der Waals surface area contributed by atoms with Gasteiger partial charge in [-0.15, -0.1) is 0 Å². The first-order valence-corrected chi connectivity index (χ1v) is 6.12. The Balaban J connectivity index is 2.01. The van der Waals surface area contributed by atoms with Crippen LogP contribution in [0.5, 0.6) is 0 Å². The topological polar surface area (TPSA) is 64.2 Å². The van der Waals surface area contributed by atoms with Crippen LogP contribution in [-0.4, -0.2) is 27.8 Å². The van der Waals surface area contributed by atoms with Gasteiger partial charge in [0.25, 0.3) is 0 Å². The Morgan fingerprint density at radius 1 is 1.53 bits per heavy atom. The summed E-state index contributed by atoms with van der Waals surface area (Å²) in [5, 5.41) is 4.27. The number of carbonyl (C=O) groups excluding carboxylic acids is 1. The van der Waals surface area contributed by atoms with Gasteiger partial charge in [-0.3, -0.25) is 9.48 Å². The van der Waals surface area contributed by atoms with Gasteiger partial charge in [-0.1, -0.05) is 13.8 Å². The van der Waals surface area contributed by atoms with E-state index in [-0.39, 0.29) is 18.0 Å². The molecule has 5 heteroatoms. The molecule has 17 heavy (non-hydrogen) atoms. The van der Waals surface area contributed by atoms with Crippen LogP contribution in [0.25, 0.3) is 0 Å². The molecule has 1 aliphatic rings. The van der Waals surface area contributed by atoms with E-state index in [0.717, 1.165) is 18.7 Å². The average Bonchev–Trinajstić information content (AvgIpc) is 2.74. The van der Waals surface area contributed by atoms with Crippen LogP contribution in [0.2, 0.25) is 0 Å². The third-order valence-electron chi connectivity index (χ3n) is 3.28. The van der Waals surface area contributed by atoms with Gasteiger partial charge in [-0.2, -0.15) is 5.10 Å². The van der Waals surface area contributed by atoms with Gasteiger partial charge in [0.1, 0.15) is 6.04 Å². The van der Waals surface area contributed by atoms with E-state index in [0.29, 0.717) is 5.92 Å². The van der Waals surface area contributed by atoms with Crippen LogP contribution in [-0.2, 0) is 11.3 Å². The highest BCUT2D eigenvalue weighted by atomic mass is 16.2. The number of aromatic nitrogens is 2. The maximum atomic E-state index is 11.6. The lowest BCUT2D eigenvalue weighted by Gasteiger charge is -2.42. The second-order valence-corrected chi connectivity index (χ2v) is 5.12. The predicted octanol–water partition coefficient (Wildman–Crippen LogP) is 0.992. The van der Waals surface area contributed by atoms with Crippen molar-refractivity contribution in [2.75, 3.05) is 4.90 Å². The molecule has 94 valence electrons. The van der Waals surface area contributed by atoms with E-state index in [1.165, 1.54) is 0 Å². The summed E-state index contributed by atoms with van der Waals surface area (Å²) < 4.78 is 1.89. The van der Waals surface area contributed by atoms with Crippen molar-refractivity contribution in [3.05, 3.63) is 12.4 Å². The highest BCUT2D eigenvalue weighted by Gasteiger charge is 2.43. The van der Waals surface area contributed by atoms with E-state index in [2.05, 4.69) is 18.9 Å². The molecule has 0 unspecified atom stereocenters. The van der Waals surface area contributed by atoms with Crippen LogP contribution >= 0.6 is 0 Å². The molecule has 0 bridgehead atoms. The van der Waals surface area contributed by atoms with Gasteiger partial charge in [-0.05, 0) is 19.3 Å². The fraction of sp³-hybridized carbons (Fsp3) is 0.667. The molecule has 2 heterocycles. The second-order valence-electron chi connectivity index (χ2n) is 5.12. The highest BCUT2D eigenvalue weighted by molar-refractivity contribution is 6.05.